The summed E-state index contributed by atoms with van der Waals surface area (Å²) in [5.41, 5.74) is 4.83. The Balaban J connectivity index is 3.90. The van der Waals surface area contributed by atoms with Gasteiger partial charge in [0.2, 0.25) is 0 Å². The van der Waals surface area contributed by atoms with Gasteiger partial charge in [-0.3, -0.25) is 0 Å². The highest BCUT2D eigenvalue weighted by atomic mass is 16.3. The first-order valence-corrected chi connectivity index (χ1v) is 7.13. The molecule has 1 atom stereocenters. The molecule has 3 N–H and O–H groups in total. The zero-order valence-electron chi connectivity index (χ0n) is 12.2. The second kappa shape index (κ2) is 8.90. The zero-order valence-corrected chi connectivity index (χ0v) is 12.2. The van der Waals surface area contributed by atoms with E-state index in [4.69, 9.17) is 5.73 Å². The molecule has 0 fully saturated rings. The quantitative estimate of drug-likeness (QED) is 0.619. The lowest BCUT2D eigenvalue weighted by atomic mass is 9.99. The predicted molar refractivity (Wildman–Crippen MR) is 75.1 cm³/mol. The maximum absolute atomic E-state index is 9.84. The minimum atomic E-state index is -0.686. The highest BCUT2D eigenvalue weighted by molar-refractivity contribution is 4.74. The summed E-state index contributed by atoms with van der Waals surface area (Å²) < 4.78 is 0. The van der Waals surface area contributed by atoms with E-state index >= 15 is 0 Å². The van der Waals surface area contributed by atoms with Crippen LogP contribution in [0, 0.1) is 5.92 Å². The van der Waals surface area contributed by atoms with Crippen LogP contribution in [0.2, 0.25) is 0 Å². The molecular weight excluding hydrogens is 212 g/mol. The van der Waals surface area contributed by atoms with E-state index < -0.39 is 5.60 Å². The molecule has 0 aromatic heterocycles. The molecule has 0 saturated carbocycles. The van der Waals surface area contributed by atoms with Gasteiger partial charge in [-0.25, -0.2) is 0 Å². The molecule has 0 rings (SSSR count). The van der Waals surface area contributed by atoms with Crippen molar-refractivity contribution in [1.29, 1.82) is 0 Å². The molecule has 3 heteroatoms. The average Bonchev–Trinajstić information content (AvgIpc) is 2.33. The molecule has 104 valence electrons. The van der Waals surface area contributed by atoms with Gasteiger partial charge < -0.3 is 15.7 Å². The molecule has 0 bridgehead atoms. The van der Waals surface area contributed by atoms with Crippen molar-refractivity contribution in [2.75, 3.05) is 26.2 Å². The average molecular weight is 244 g/mol. The van der Waals surface area contributed by atoms with Crippen LogP contribution in [0.1, 0.15) is 53.4 Å². The van der Waals surface area contributed by atoms with E-state index in [0.717, 1.165) is 31.8 Å². The molecule has 0 heterocycles. The second-order valence-corrected chi connectivity index (χ2v) is 5.38. The first-order valence-electron chi connectivity index (χ1n) is 7.13. The van der Waals surface area contributed by atoms with E-state index in [1.165, 1.54) is 19.4 Å². The Morgan fingerprint density at radius 1 is 1.24 bits per heavy atom. The van der Waals surface area contributed by atoms with Gasteiger partial charge in [0.1, 0.15) is 0 Å². The number of aliphatic hydroxyl groups is 1. The Kier molecular flexibility index (Phi) is 8.83. The SMILES string of the molecule is CCC(CC)CN(CC)CCCC(C)(O)CN. The number of nitrogens with zero attached hydrogens (tertiary/aromatic N) is 1. The fourth-order valence-corrected chi connectivity index (χ4v) is 2.08. The van der Waals surface area contributed by atoms with Gasteiger partial charge >= 0.3 is 0 Å². The van der Waals surface area contributed by atoms with E-state index in [2.05, 4.69) is 25.7 Å². The van der Waals surface area contributed by atoms with Crippen molar-refractivity contribution < 1.29 is 5.11 Å². The highest BCUT2D eigenvalue weighted by Crippen LogP contribution is 2.13. The van der Waals surface area contributed by atoms with Crippen molar-refractivity contribution in [3.8, 4) is 0 Å². The molecule has 0 spiro atoms. The summed E-state index contributed by atoms with van der Waals surface area (Å²) in [6.45, 7) is 12.3. The fraction of sp³-hybridized carbons (Fsp3) is 1.00. The van der Waals surface area contributed by atoms with Gasteiger partial charge in [-0.2, -0.15) is 0 Å². The number of hydrogen-bond donors (Lipinski definition) is 2. The van der Waals surface area contributed by atoms with Crippen molar-refractivity contribution in [2.24, 2.45) is 11.7 Å². The number of nitrogens with two attached hydrogens (primary N) is 1. The van der Waals surface area contributed by atoms with Gasteiger partial charge in [-0.15, -0.1) is 0 Å². The highest BCUT2D eigenvalue weighted by Gasteiger charge is 2.18. The van der Waals surface area contributed by atoms with Gasteiger partial charge in [0.05, 0.1) is 5.60 Å². The van der Waals surface area contributed by atoms with Crippen LogP contribution < -0.4 is 5.73 Å². The Bertz CT molecular complexity index is 179. The Morgan fingerprint density at radius 2 is 1.82 bits per heavy atom. The summed E-state index contributed by atoms with van der Waals surface area (Å²) in [6, 6.07) is 0. The number of hydrogen-bond acceptors (Lipinski definition) is 3. The predicted octanol–water partition coefficient (Wildman–Crippen LogP) is 2.23. The van der Waals surface area contributed by atoms with E-state index in [-0.39, 0.29) is 0 Å². The van der Waals surface area contributed by atoms with Crippen molar-refractivity contribution in [1.82, 2.24) is 4.90 Å². The van der Waals surface area contributed by atoms with Crippen molar-refractivity contribution in [3.05, 3.63) is 0 Å². The molecule has 0 aliphatic heterocycles. The minimum absolute atomic E-state index is 0.353. The van der Waals surface area contributed by atoms with Crippen LogP contribution in [0.15, 0.2) is 0 Å². The lowest BCUT2D eigenvalue weighted by molar-refractivity contribution is 0.0539. The molecule has 3 nitrogen and oxygen atoms in total. The summed E-state index contributed by atoms with van der Waals surface area (Å²) in [5.74, 6) is 0.810. The molecule has 0 amide bonds. The summed E-state index contributed by atoms with van der Waals surface area (Å²) in [6.07, 6.45) is 4.34. The first-order chi connectivity index (χ1) is 7.99. The van der Waals surface area contributed by atoms with E-state index in [0.29, 0.717) is 6.54 Å². The van der Waals surface area contributed by atoms with Gasteiger partial charge in [0.25, 0.3) is 0 Å². The molecule has 0 radical (unpaired) electrons. The summed E-state index contributed by atoms with van der Waals surface area (Å²) in [4.78, 5) is 2.49. The molecule has 0 aliphatic carbocycles. The third kappa shape index (κ3) is 7.74. The Labute approximate surface area is 107 Å². The van der Waals surface area contributed by atoms with Gasteiger partial charge in [0.15, 0.2) is 0 Å². The van der Waals surface area contributed by atoms with Gasteiger partial charge in [-0.05, 0) is 38.8 Å². The van der Waals surface area contributed by atoms with Crippen LogP contribution in [-0.2, 0) is 0 Å². The topological polar surface area (TPSA) is 49.5 Å². The molecule has 0 saturated heterocycles. The van der Waals surface area contributed by atoms with Crippen molar-refractivity contribution >= 4 is 0 Å². The van der Waals surface area contributed by atoms with E-state index in [1.54, 1.807) is 0 Å². The molecular formula is C14H32N2O. The van der Waals surface area contributed by atoms with Crippen LogP contribution in [0.4, 0.5) is 0 Å². The van der Waals surface area contributed by atoms with Crippen LogP contribution in [0.3, 0.4) is 0 Å². The molecule has 0 aromatic carbocycles. The van der Waals surface area contributed by atoms with E-state index in [1.807, 2.05) is 6.92 Å². The molecule has 0 aromatic rings. The summed E-state index contributed by atoms with van der Waals surface area (Å²) in [5, 5.41) is 9.84. The van der Waals surface area contributed by atoms with Crippen LogP contribution in [-0.4, -0.2) is 41.8 Å². The van der Waals surface area contributed by atoms with Crippen molar-refractivity contribution in [2.45, 2.75) is 59.0 Å². The lowest BCUT2D eigenvalue weighted by Gasteiger charge is -2.27. The fourth-order valence-electron chi connectivity index (χ4n) is 2.08. The van der Waals surface area contributed by atoms with Crippen molar-refractivity contribution in [3.63, 3.8) is 0 Å². The smallest absolute Gasteiger partial charge is 0.0741 e. The first kappa shape index (κ1) is 16.9. The maximum Gasteiger partial charge on any atom is 0.0741 e. The number of rotatable bonds is 10. The molecule has 1 unspecified atom stereocenters. The van der Waals surface area contributed by atoms with Gasteiger partial charge in [-0.1, -0.05) is 33.6 Å². The van der Waals surface area contributed by atoms with E-state index in [9.17, 15) is 5.11 Å². The maximum atomic E-state index is 9.84. The Morgan fingerprint density at radius 3 is 2.24 bits per heavy atom. The standard InChI is InChI=1S/C14H32N2O/c1-5-13(6-2)11-16(7-3)10-8-9-14(4,17)12-15/h13,17H,5-12,15H2,1-4H3. The second-order valence-electron chi connectivity index (χ2n) is 5.38. The van der Waals surface area contributed by atoms with Crippen LogP contribution in [0.25, 0.3) is 0 Å². The zero-order chi connectivity index (χ0) is 13.3. The summed E-state index contributed by atoms with van der Waals surface area (Å²) >= 11 is 0. The Hall–Kier alpha value is -0.120. The largest absolute Gasteiger partial charge is 0.389 e. The lowest BCUT2D eigenvalue weighted by Crippen LogP contribution is -2.36. The van der Waals surface area contributed by atoms with Crippen LogP contribution in [0.5, 0.6) is 0 Å². The normalized spacial score (nSPS) is 15.5. The minimum Gasteiger partial charge on any atom is -0.389 e. The van der Waals surface area contributed by atoms with Gasteiger partial charge in [0, 0.05) is 13.1 Å². The van der Waals surface area contributed by atoms with Crippen LogP contribution >= 0.6 is 0 Å². The molecule has 17 heavy (non-hydrogen) atoms. The third-order valence-electron chi connectivity index (χ3n) is 3.75. The third-order valence-corrected chi connectivity index (χ3v) is 3.75. The summed E-state index contributed by atoms with van der Waals surface area (Å²) in [7, 11) is 0. The molecule has 0 aliphatic rings. The monoisotopic (exact) mass is 244 g/mol.